The number of nitrogens with zero attached hydrogens (tertiary/aromatic N) is 4. The molecule has 242 valence electrons. The first-order valence-electron chi connectivity index (χ1n) is 15.8. The van der Waals surface area contributed by atoms with Crippen molar-refractivity contribution in [2.75, 3.05) is 18.0 Å². The molecule has 1 fully saturated rings. The lowest BCUT2D eigenvalue weighted by atomic mass is 9.89. The molecule has 9 nitrogen and oxygen atoms in total. The number of hydrogen-bond donors (Lipinski definition) is 1. The number of nitrogens with one attached hydrogen (secondary N) is 1. The summed E-state index contributed by atoms with van der Waals surface area (Å²) in [7, 11) is 0. The summed E-state index contributed by atoms with van der Waals surface area (Å²) >= 11 is 7.37. The first kappa shape index (κ1) is 30.9. The van der Waals surface area contributed by atoms with E-state index in [4.69, 9.17) is 16.0 Å². The van der Waals surface area contributed by atoms with Crippen molar-refractivity contribution in [3.8, 4) is 16.8 Å². The second kappa shape index (κ2) is 11.2. The van der Waals surface area contributed by atoms with E-state index in [2.05, 4.69) is 21.4 Å². The van der Waals surface area contributed by atoms with Crippen LogP contribution in [-0.4, -0.2) is 50.5 Å². The molecule has 2 aliphatic heterocycles. The lowest BCUT2D eigenvalue weighted by Gasteiger charge is -2.49. The van der Waals surface area contributed by atoms with E-state index < -0.39 is 11.6 Å². The van der Waals surface area contributed by atoms with Gasteiger partial charge in [-0.05, 0) is 74.9 Å². The second-order valence-corrected chi connectivity index (χ2v) is 13.3. The Morgan fingerprint density at radius 1 is 1.15 bits per heavy atom. The number of aromatic nitrogens is 3. The van der Waals surface area contributed by atoms with E-state index >= 15 is 4.39 Å². The standard InChI is InChI=1S/C36H35ClFN5O4/c1-7-26(44)41-16-21-9-10-22-32(42(21)15-20(41)6)23-14-24(38)28(27-18(4)8-11-25-34(27)47-36(46)40-25)29(37)33(23)43(35(22)45)31-19(5)12-13-39-30(31)17(2)3/h7-8,11-14,17,20-21H,1,9-10,15-16H2,2-6H3,(H,40,46). The van der Waals surface area contributed by atoms with E-state index in [9.17, 15) is 14.4 Å². The van der Waals surface area contributed by atoms with Crippen LogP contribution in [0.15, 0.2) is 57.1 Å². The van der Waals surface area contributed by atoms with Crippen LogP contribution in [0.3, 0.4) is 0 Å². The van der Waals surface area contributed by atoms with Gasteiger partial charge in [0.25, 0.3) is 5.56 Å². The topological polar surface area (TPSA) is 104 Å². The molecule has 2 aromatic carbocycles. The average Bonchev–Trinajstić information content (AvgIpc) is 3.42. The first-order chi connectivity index (χ1) is 22.4. The van der Waals surface area contributed by atoms with E-state index in [1.165, 1.54) is 12.1 Å². The molecule has 5 aromatic rings. The lowest BCUT2D eigenvalue weighted by Crippen LogP contribution is -2.60. The summed E-state index contributed by atoms with van der Waals surface area (Å²) in [6, 6.07) is 6.50. The summed E-state index contributed by atoms with van der Waals surface area (Å²) in [6.45, 7) is 14.3. The van der Waals surface area contributed by atoms with Gasteiger partial charge in [-0.15, -0.1) is 0 Å². The molecular formula is C36H35ClFN5O4. The predicted octanol–water partition coefficient (Wildman–Crippen LogP) is 6.56. The summed E-state index contributed by atoms with van der Waals surface area (Å²) < 4.78 is 23.9. The number of carbonyl (C=O) groups excluding carboxylic acids is 1. The Morgan fingerprint density at radius 3 is 2.64 bits per heavy atom. The SMILES string of the molecule is C=CC(=O)N1CC2CCc3c(c4cc(F)c(-c5c(C)ccc6[nH]c(=O)oc56)c(Cl)c4n(-c4c(C)ccnc4C(C)C)c3=O)N2CC1C. The molecule has 0 saturated carbocycles. The van der Waals surface area contributed by atoms with E-state index in [1.807, 2.05) is 33.8 Å². The molecule has 5 heterocycles. The number of amides is 1. The van der Waals surface area contributed by atoms with Gasteiger partial charge in [-0.3, -0.25) is 24.1 Å². The minimum Gasteiger partial charge on any atom is -0.407 e. The van der Waals surface area contributed by atoms with Crippen LogP contribution in [0.2, 0.25) is 5.02 Å². The molecule has 47 heavy (non-hydrogen) atoms. The molecule has 2 atom stereocenters. The van der Waals surface area contributed by atoms with Crippen molar-refractivity contribution < 1.29 is 13.6 Å². The van der Waals surface area contributed by atoms with Gasteiger partial charge in [-0.1, -0.05) is 38.1 Å². The van der Waals surface area contributed by atoms with Crippen LogP contribution < -0.4 is 16.2 Å². The minimum absolute atomic E-state index is 0.0213. The van der Waals surface area contributed by atoms with Crippen molar-refractivity contribution in [3.05, 3.63) is 97.2 Å². The predicted molar refractivity (Wildman–Crippen MR) is 183 cm³/mol. The third-order valence-electron chi connectivity index (χ3n) is 9.70. The minimum atomic E-state index is -0.669. The van der Waals surface area contributed by atoms with Gasteiger partial charge in [-0.2, -0.15) is 0 Å². The number of halogens is 2. The molecule has 0 bridgehead atoms. The van der Waals surface area contributed by atoms with Crippen LogP contribution in [0.4, 0.5) is 10.1 Å². The van der Waals surface area contributed by atoms with Crippen LogP contribution in [0.25, 0.3) is 38.8 Å². The molecular weight excluding hydrogens is 621 g/mol. The number of pyridine rings is 2. The van der Waals surface area contributed by atoms with Crippen molar-refractivity contribution in [2.45, 2.75) is 65.5 Å². The molecule has 0 radical (unpaired) electrons. The maximum atomic E-state index is 16.8. The van der Waals surface area contributed by atoms with Gasteiger partial charge in [0.15, 0.2) is 5.58 Å². The fourth-order valence-electron chi connectivity index (χ4n) is 7.51. The largest absolute Gasteiger partial charge is 0.417 e. The number of rotatable bonds is 4. The van der Waals surface area contributed by atoms with Gasteiger partial charge in [0, 0.05) is 53.4 Å². The van der Waals surface area contributed by atoms with Crippen LogP contribution in [0, 0.1) is 19.7 Å². The maximum Gasteiger partial charge on any atom is 0.417 e. The number of H-pyrrole nitrogens is 1. The van der Waals surface area contributed by atoms with Gasteiger partial charge < -0.3 is 14.2 Å². The summed E-state index contributed by atoms with van der Waals surface area (Å²) in [5.74, 6) is -1.46. The normalized spacial score (nSPS) is 17.8. The molecule has 1 N–H and O–H groups in total. The van der Waals surface area contributed by atoms with Gasteiger partial charge in [-0.25, -0.2) is 9.18 Å². The molecule has 2 unspecified atom stereocenters. The Bertz CT molecular complexity index is 2270. The smallest absolute Gasteiger partial charge is 0.407 e. The molecule has 0 aliphatic carbocycles. The molecule has 3 aromatic heterocycles. The summed E-state index contributed by atoms with van der Waals surface area (Å²) in [5, 5.41) is 0.512. The third kappa shape index (κ3) is 4.64. The molecule has 7 rings (SSSR count). The number of oxazole rings is 1. The molecule has 1 amide bonds. The first-order valence-corrected chi connectivity index (χ1v) is 16.2. The highest BCUT2D eigenvalue weighted by molar-refractivity contribution is 6.39. The van der Waals surface area contributed by atoms with Gasteiger partial charge >= 0.3 is 5.76 Å². The number of aromatic amines is 1. The number of benzene rings is 2. The highest BCUT2D eigenvalue weighted by atomic mass is 35.5. The van der Waals surface area contributed by atoms with E-state index in [1.54, 1.807) is 34.7 Å². The molecule has 2 aliphatic rings. The average molecular weight is 656 g/mol. The molecule has 0 spiro atoms. The Morgan fingerprint density at radius 2 is 1.91 bits per heavy atom. The second-order valence-electron chi connectivity index (χ2n) is 13.0. The Balaban J connectivity index is 1.62. The quantitative estimate of drug-likeness (QED) is 0.220. The zero-order valence-electron chi connectivity index (χ0n) is 26.9. The van der Waals surface area contributed by atoms with Crippen molar-refractivity contribution in [1.82, 2.24) is 19.4 Å². The van der Waals surface area contributed by atoms with Crippen LogP contribution in [0.5, 0.6) is 0 Å². The zero-order chi connectivity index (χ0) is 33.5. The third-order valence-corrected chi connectivity index (χ3v) is 10.1. The Labute approximate surface area is 275 Å². The van der Waals surface area contributed by atoms with Crippen LogP contribution in [0.1, 0.15) is 55.5 Å². The Kier molecular flexibility index (Phi) is 7.39. The van der Waals surface area contributed by atoms with E-state index in [0.29, 0.717) is 76.1 Å². The van der Waals surface area contributed by atoms with Gasteiger partial charge in [0.05, 0.1) is 33.1 Å². The van der Waals surface area contributed by atoms with Crippen molar-refractivity contribution in [1.29, 1.82) is 0 Å². The highest BCUT2D eigenvalue weighted by Crippen LogP contribution is 2.46. The van der Waals surface area contributed by atoms with E-state index in [0.717, 1.165) is 5.56 Å². The van der Waals surface area contributed by atoms with Crippen molar-refractivity contribution in [3.63, 3.8) is 0 Å². The molecule has 1 saturated heterocycles. The number of aryl methyl sites for hydroxylation is 2. The maximum absolute atomic E-state index is 16.8. The summed E-state index contributed by atoms with van der Waals surface area (Å²) in [6.07, 6.45) is 4.14. The van der Waals surface area contributed by atoms with Gasteiger partial charge in [0.1, 0.15) is 5.82 Å². The fraction of sp³-hybridized carbons (Fsp3) is 0.333. The number of piperazine rings is 1. The summed E-state index contributed by atoms with van der Waals surface area (Å²) in [4.78, 5) is 51.1. The van der Waals surface area contributed by atoms with Crippen LogP contribution >= 0.6 is 11.6 Å². The van der Waals surface area contributed by atoms with Crippen molar-refractivity contribution >= 4 is 45.2 Å². The number of anilines is 1. The van der Waals surface area contributed by atoms with E-state index in [-0.39, 0.29) is 45.6 Å². The monoisotopic (exact) mass is 655 g/mol. The van der Waals surface area contributed by atoms with Gasteiger partial charge in [0.2, 0.25) is 5.91 Å². The van der Waals surface area contributed by atoms with Crippen LogP contribution in [-0.2, 0) is 11.2 Å². The Hall–Kier alpha value is -4.70. The lowest BCUT2D eigenvalue weighted by molar-refractivity contribution is -0.129. The number of hydrogen-bond acceptors (Lipinski definition) is 6. The zero-order valence-corrected chi connectivity index (χ0v) is 27.7. The van der Waals surface area contributed by atoms with Crippen molar-refractivity contribution in [2.24, 2.45) is 0 Å². The molecule has 11 heteroatoms. The summed E-state index contributed by atoms with van der Waals surface area (Å²) in [5.41, 5.74) is 5.04. The fourth-order valence-corrected chi connectivity index (χ4v) is 7.88. The number of carbonyl (C=O) groups is 1. The highest BCUT2D eigenvalue weighted by Gasteiger charge is 2.40. The number of fused-ring (bicyclic) bond motifs is 6.